The Kier molecular flexibility index (Phi) is 6.54. The van der Waals surface area contributed by atoms with Gasteiger partial charge in [-0.15, -0.1) is 10.2 Å². The van der Waals surface area contributed by atoms with Gasteiger partial charge in [0, 0.05) is 31.8 Å². The van der Waals surface area contributed by atoms with Crippen LogP contribution in [0.2, 0.25) is 0 Å². The molecule has 0 spiro atoms. The zero-order valence-corrected chi connectivity index (χ0v) is 18.6. The summed E-state index contributed by atoms with van der Waals surface area (Å²) in [5.74, 6) is 0.0563. The normalized spacial score (nSPS) is 18.3. The number of hydrogen-bond acceptors (Lipinski definition) is 7. The molecule has 1 aliphatic heterocycles. The Bertz CT molecular complexity index is 998. The number of amides is 2. The number of ether oxygens (including phenoxy) is 2. The average Bonchev–Trinajstić information content (AvgIpc) is 3.37. The number of aromatic nitrogens is 2. The van der Waals surface area contributed by atoms with Crippen molar-refractivity contribution in [1.82, 2.24) is 15.1 Å². The molecular formula is C21H24F2N4O4S. The predicted octanol–water partition coefficient (Wildman–Crippen LogP) is 3.39. The van der Waals surface area contributed by atoms with E-state index in [1.54, 1.807) is 26.1 Å². The Labute approximate surface area is 188 Å². The van der Waals surface area contributed by atoms with E-state index in [0.29, 0.717) is 17.6 Å². The molecule has 1 aromatic carbocycles. The molecule has 2 aromatic rings. The van der Waals surface area contributed by atoms with Crippen LogP contribution in [0.15, 0.2) is 18.2 Å². The third kappa shape index (κ3) is 4.98. The Morgan fingerprint density at radius 3 is 2.75 bits per heavy atom. The van der Waals surface area contributed by atoms with E-state index >= 15 is 0 Å². The number of halogens is 2. The largest absolute Gasteiger partial charge is 0.490 e. The van der Waals surface area contributed by atoms with Gasteiger partial charge < -0.3 is 14.4 Å². The van der Waals surface area contributed by atoms with E-state index in [-0.39, 0.29) is 48.8 Å². The lowest BCUT2D eigenvalue weighted by molar-refractivity contribution is -0.132. The summed E-state index contributed by atoms with van der Waals surface area (Å²) in [4.78, 5) is 28.2. The van der Waals surface area contributed by atoms with Crippen LogP contribution in [-0.4, -0.2) is 60.3 Å². The maximum atomic E-state index is 12.7. The van der Waals surface area contributed by atoms with Crippen LogP contribution in [0.25, 0.3) is 0 Å². The van der Waals surface area contributed by atoms with Gasteiger partial charge in [-0.3, -0.25) is 14.5 Å². The van der Waals surface area contributed by atoms with Gasteiger partial charge in [-0.1, -0.05) is 17.4 Å². The summed E-state index contributed by atoms with van der Waals surface area (Å²) in [5.41, 5.74) is 0.768. The topological polar surface area (TPSA) is 84.9 Å². The quantitative estimate of drug-likeness (QED) is 0.563. The minimum absolute atomic E-state index is 0.0498. The minimum atomic E-state index is -2.96. The molecule has 4 rings (SSSR count). The number of anilines is 1. The lowest BCUT2D eigenvalue weighted by Crippen LogP contribution is -2.39. The third-order valence-corrected chi connectivity index (χ3v) is 6.68. The minimum Gasteiger partial charge on any atom is -0.490 e. The number of alkyl halides is 2. The molecule has 0 N–H and O–H groups in total. The first kappa shape index (κ1) is 22.4. The maximum Gasteiger partial charge on any atom is 0.387 e. The molecule has 0 unspecified atom stereocenters. The van der Waals surface area contributed by atoms with Crippen LogP contribution in [0.5, 0.6) is 11.5 Å². The van der Waals surface area contributed by atoms with Gasteiger partial charge in [-0.2, -0.15) is 8.78 Å². The van der Waals surface area contributed by atoms with Gasteiger partial charge in [0.25, 0.3) is 0 Å². The fourth-order valence-corrected chi connectivity index (χ4v) is 4.61. The Morgan fingerprint density at radius 2 is 2.06 bits per heavy atom. The third-order valence-electron chi connectivity index (χ3n) is 5.51. The number of hydrogen-bond donors (Lipinski definition) is 0. The van der Waals surface area contributed by atoms with Crippen LogP contribution < -0.4 is 14.4 Å². The second kappa shape index (κ2) is 9.35. The number of carbonyl (C=O) groups excluding carboxylic acids is 2. The Hall–Kier alpha value is -2.82. The molecule has 0 radical (unpaired) electrons. The molecule has 11 heteroatoms. The van der Waals surface area contributed by atoms with Crippen molar-refractivity contribution in [2.45, 2.75) is 44.6 Å². The summed E-state index contributed by atoms with van der Waals surface area (Å²) in [5, 5.41) is 9.72. The predicted molar refractivity (Wildman–Crippen MR) is 113 cm³/mol. The summed E-state index contributed by atoms with van der Waals surface area (Å²) < 4.78 is 35.2. The van der Waals surface area contributed by atoms with Crippen LogP contribution in [0.4, 0.5) is 13.9 Å². The van der Waals surface area contributed by atoms with Crippen molar-refractivity contribution in [3.63, 3.8) is 0 Å². The lowest BCUT2D eigenvalue weighted by Gasteiger charge is -2.20. The smallest absolute Gasteiger partial charge is 0.387 e. The van der Waals surface area contributed by atoms with Gasteiger partial charge in [0.2, 0.25) is 16.9 Å². The number of nitrogens with zero attached hydrogens (tertiary/aromatic N) is 4. The molecule has 1 atom stereocenters. The van der Waals surface area contributed by atoms with Gasteiger partial charge in [0.1, 0.15) is 11.6 Å². The highest BCUT2D eigenvalue weighted by molar-refractivity contribution is 7.15. The zero-order valence-electron chi connectivity index (χ0n) is 17.8. The molecule has 2 aliphatic rings. The van der Waals surface area contributed by atoms with Gasteiger partial charge >= 0.3 is 6.61 Å². The number of likely N-dealkylation sites (N-methyl/N-ethyl adjacent to an activating group) is 1. The Morgan fingerprint density at radius 1 is 1.28 bits per heavy atom. The maximum absolute atomic E-state index is 12.7. The average molecular weight is 467 g/mol. The first-order valence-corrected chi connectivity index (χ1v) is 11.3. The summed E-state index contributed by atoms with van der Waals surface area (Å²) in [6, 6.07) is 4.69. The van der Waals surface area contributed by atoms with Crippen molar-refractivity contribution < 1.29 is 27.8 Å². The van der Waals surface area contributed by atoms with Crippen molar-refractivity contribution in [2.75, 3.05) is 31.6 Å². The SMILES string of the molecule is CCOc1cc([C@@H]2CC(=O)N(CC(=O)N(C)c3nnc(C4CC4)s3)C2)ccc1OC(F)F. The van der Waals surface area contributed by atoms with Crippen LogP contribution in [0, 0.1) is 0 Å². The van der Waals surface area contributed by atoms with Gasteiger partial charge in [-0.25, -0.2) is 0 Å². The number of carbonyl (C=O) groups is 2. The van der Waals surface area contributed by atoms with Gasteiger partial charge in [-0.05, 0) is 37.5 Å². The van der Waals surface area contributed by atoms with Crippen molar-refractivity contribution in [3.05, 3.63) is 28.8 Å². The highest BCUT2D eigenvalue weighted by Gasteiger charge is 2.34. The summed E-state index contributed by atoms with van der Waals surface area (Å²) in [6.07, 6.45) is 2.44. The monoisotopic (exact) mass is 466 g/mol. The number of likely N-dealkylation sites (tertiary alicyclic amines) is 1. The Balaban J connectivity index is 1.40. The van der Waals surface area contributed by atoms with E-state index in [0.717, 1.165) is 23.4 Å². The molecule has 1 saturated heterocycles. The highest BCUT2D eigenvalue weighted by Crippen LogP contribution is 2.42. The van der Waals surface area contributed by atoms with Crippen molar-refractivity contribution in [1.29, 1.82) is 0 Å². The fourth-order valence-electron chi connectivity index (χ4n) is 3.62. The van der Waals surface area contributed by atoms with Crippen molar-refractivity contribution in [3.8, 4) is 11.5 Å². The fraction of sp³-hybridized carbons (Fsp3) is 0.524. The molecule has 2 heterocycles. The van der Waals surface area contributed by atoms with E-state index in [1.807, 2.05) is 0 Å². The second-order valence-electron chi connectivity index (χ2n) is 7.84. The molecule has 172 valence electrons. The van der Waals surface area contributed by atoms with E-state index in [9.17, 15) is 18.4 Å². The second-order valence-corrected chi connectivity index (χ2v) is 8.83. The van der Waals surface area contributed by atoms with Crippen LogP contribution in [0.3, 0.4) is 0 Å². The molecule has 1 saturated carbocycles. The molecule has 32 heavy (non-hydrogen) atoms. The van der Waals surface area contributed by atoms with Crippen molar-refractivity contribution in [2.24, 2.45) is 0 Å². The molecule has 0 bridgehead atoms. The number of benzene rings is 1. The standard InChI is InChI=1S/C21H24F2N4O4S/c1-3-30-16-8-13(6-7-15(16)31-20(22)23)14-9-17(28)27(10-14)11-18(29)26(2)21-25-24-19(32-21)12-4-5-12/h6-8,12,14,20H,3-5,9-11H2,1-2H3/t14-/m1/s1. The van der Waals surface area contributed by atoms with E-state index in [4.69, 9.17) is 4.74 Å². The van der Waals surface area contributed by atoms with E-state index in [1.165, 1.54) is 27.2 Å². The molecule has 2 amide bonds. The molecule has 8 nitrogen and oxygen atoms in total. The molecule has 1 aliphatic carbocycles. The zero-order chi connectivity index (χ0) is 22.8. The molecule has 1 aromatic heterocycles. The van der Waals surface area contributed by atoms with Gasteiger partial charge in [0.05, 0.1) is 6.61 Å². The molecule has 2 fully saturated rings. The number of rotatable bonds is 9. The van der Waals surface area contributed by atoms with E-state index < -0.39 is 6.61 Å². The van der Waals surface area contributed by atoms with Gasteiger partial charge in [0.15, 0.2) is 11.5 Å². The van der Waals surface area contributed by atoms with Crippen LogP contribution in [0.1, 0.15) is 48.6 Å². The highest BCUT2D eigenvalue weighted by atomic mass is 32.1. The summed E-state index contributed by atoms with van der Waals surface area (Å²) in [6.45, 7) is -0.640. The lowest BCUT2D eigenvalue weighted by atomic mass is 9.98. The summed E-state index contributed by atoms with van der Waals surface area (Å²) in [7, 11) is 1.63. The van der Waals surface area contributed by atoms with Crippen molar-refractivity contribution >= 4 is 28.3 Å². The van der Waals surface area contributed by atoms with Crippen LogP contribution >= 0.6 is 11.3 Å². The summed E-state index contributed by atoms with van der Waals surface area (Å²) >= 11 is 1.41. The molecular weight excluding hydrogens is 442 g/mol. The first-order valence-electron chi connectivity index (χ1n) is 10.4. The van der Waals surface area contributed by atoms with Crippen LogP contribution in [-0.2, 0) is 9.59 Å². The first-order chi connectivity index (χ1) is 15.4. The van der Waals surface area contributed by atoms with E-state index in [2.05, 4.69) is 14.9 Å².